The Morgan fingerprint density at radius 2 is 1.88 bits per heavy atom. The Morgan fingerprint density at radius 3 is 2.62 bits per heavy atom. The Hall–Kier alpha value is -3.28. The number of amides is 2. The van der Waals surface area contributed by atoms with Gasteiger partial charge in [0.2, 0.25) is 0 Å². The monoisotopic (exact) mass is 466 g/mol. The molecule has 6 heteroatoms. The number of hydrogen-bond acceptors (Lipinski definition) is 4. The van der Waals surface area contributed by atoms with Gasteiger partial charge in [0, 0.05) is 31.3 Å². The van der Waals surface area contributed by atoms with E-state index < -0.39 is 0 Å². The van der Waals surface area contributed by atoms with Gasteiger partial charge in [0.1, 0.15) is 12.4 Å². The number of benzene rings is 2. The second kappa shape index (κ2) is 14.8. The van der Waals surface area contributed by atoms with Crippen molar-refractivity contribution in [3.63, 3.8) is 0 Å². The Bertz CT molecular complexity index is 942. The van der Waals surface area contributed by atoms with Gasteiger partial charge in [-0.2, -0.15) is 0 Å². The molecule has 0 aliphatic carbocycles. The van der Waals surface area contributed by atoms with E-state index in [4.69, 9.17) is 9.47 Å². The molecule has 1 N–H and O–H groups in total. The molecule has 2 aromatic rings. The zero-order valence-electron chi connectivity index (χ0n) is 20.8. The number of hydrogen-bond donors (Lipinski definition) is 1. The van der Waals surface area contributed by atoms with Gasteiger partial charge >= 0.3 is 12.0 Å². The molecule has 0 radical (unpaired) electrons. The summed E-state index contributed by atoms with van der Waals surface area (Å²) in [7, 11) is 3.17. The topological polar surface area (TPSA) is 67.9 Å². The lowest BCUT2D eigenvalue weighted by Gasteiger charge is -2.20. The summed E-state index contributed by atoms with van der Waals surface area (Å²) in [6, 6.07) is 13.6. The third-order valence-electron chi connectivity index (χ3n) is 5.65. The molecule has 0 saturated carbocycles. The lowest BCUT2D eigenvalue weighted by atomic mass is 10.00. The maximum Gasteiger partial charge on any atom is 0.321 e. The number of rotatable bonds is 14. The summed E-state index contributed by atoms with van der Waals surface area (Å²) in [5.41, 5.74) is 3.63. The number of ether oxygens (including phenoxy) is 2. The minimum atomic E-state index is -0.243. The molecule has 0 bridgehead atoms. The number of methoxy groups -OCH3 is 1. The molecule has 0 heterocycles. The molecule has 34 heavy (non-hydrogen) atoms. The Balaban J connectivity index is 2.13. The Labute approximate surface area is 203 Å². The molecule has 6 nitrogen and oxygen atoms in total. The predicted octanol–water partition coefficient (Wildman–Crippen LogP) is 6.14. The fraction of sp³-hybridized carbons (Fsp3) is 0.429. The predicted molar refractivity (Wildman–Crippen MR) is 138 cm³/mol. The second-order valence-corrected chi connectivity index (χ2v) is 8.26. The van der Waals surface area contributed by atoms with Gasteiger partial charge in [-0.1, -0.05) is 69.5 Å². The van der Waals surface area contributed by atoms with Crippen molar-refractivity contribution in [1.29, 1.82) is 0 Å². The average molecular weight is 467 g/mol. The van der Waals surface area contributed by atoms with Crippen molar-refractivity contribution in [3.8, 4) is 16.9 Å². The number of nitrogens with one attached hydrogen (secondary N) is 1. The number of urea groups is 1. The van der Waals surface area contributed by atoms with Gasteiger partial charge in [-0.15, -0.1) is 0 Å². The first-order chi connectivity index (χ1) is 16.5. The molecular formula is C28H38N2O4. The lowest BCUT2D eigenvalue weighted by Crippen LogP contribution is -2.37. The van der Waals surface area contributed by atoms with E-state index in [1.165, 1.54) is 26.4 Å². The average Bonchev–Trinajstić information content (AvgIpc) is 2.87. The normalized spacial score (nSPS) is 10.4. The number of nitrogens with zero attached hydrogens (tertiary/aromatic N) is 1. The van der Waals surface area contributed by atoms with Crippen LogP contribution in [0.1, 0.15) is 51.0 Å². The van der Waals surface area contributed by atoms with Crippen molar-refractivity contribution < 1.29 is 19.1 Å². The van der Waals surface area contributed by atoms with E-state index in [1.807, 2.05) is 42.5 Å². The first kappa shape index (κ1) is 27.0. The number of aryl methyl sites for hydroxylation is 1. The van der Waals surface area contributed by atoms with E-state index >= 15 is 0 Å². The molecule has 0 aliphatic rings. The third kappa shape index (κ3) is 8.58. The fourth-order valence-electron chi connectivity index (χ4n) is 3.62. The molecule has 2 amide bonds. The minimum absolute atomic E-state index is 0.117. The molecule has 0 spiro atoms. The molecule has 0 atom stereocenters. The van der Waals surface area contributed by atoms with Crippen molar-refractivity contribution in [2.24, 2.45) is 0 Å². The van der Waals surface area contributed by atoms with E-state index in [-0.39, 0.29) is 12.0 Å². The zero-order chi connectivity index (χ0) is 24.8. The van der Waals surface area contributed by atoms with E-state index in [9.17, 15) is 9.59 Å². The molecule has 0 fully saturated rings. The highest BCUT2D eigenvalue weighted by Gasteiger charge is 2.14. The lowest BCUT2D eigenvalue weighted by molar-refractivity contribution is -0.140. The van der Waals surface area contributed by atoms with Crippen LogP contribution in [-0.4, -0.2) is 39.3 Å². The highest BCUT2D eigenvalue weighted by molar-refractivity contribution is 5.92. The molecule has 0 aliphatic heterocycles. The van der Waals surface area contributed by atoms with E-state index in [0.717, 1.165) is 35.2 Å². The fourth-order valence-corrected chi connectivity index (χ4v) is 3.62. The van der Waals surface area contributed by atoms with E-state index in [1.54, 1.807) is 18.0 Å². The van der Waals surface area contributed by atoms with Crippen molar-refractivity contribution >= 4 is 17.7 Å². The SMILES string of the molecule is C=CCOc1cc(CCC(=O)OC)ccc1-c1cccc(N(C)C(=O)NCCCCCCC)c1. The molecular weight excluding hydrogens is 428 g/mol. The van der Waals surface area contributed by atoms with Crippen molar-refractivity contribution in [2.75, 3.05) is 32.2 Å². The van der Waals surface area contributed by atoms with Crippen LogP contribution in [0.3, 0.4) is 0 Å². The van der Waals surface area contributed by atoms with Gasteiger partial charge in [0.05, 0.1) is 7.11 Å². The molecule has 0 aromatic heterocycles. The van der Waals surface area contributed by atoms with Crippen LogP contribution < -0.4 is 15.0 Å². The number of carbonyl (C=O) groups excluding carboxylic acids is 2. The summed E-state index contributed by atoms with van der Waals surface area (Å²) < 4.78 is 10.7. The summed E-state index contributed by atoms with van der Waals surface area (Å²) >= 11 is 0. The van der Waals surface area contributed by atoms with Gasteiger partial charge in [0.25, 0.3) is 0 Å². The molecule has 184 valence electrons. The minimum Gasteiger partial charge on any atom is -0.489 e. The van der Waals surface area contributed by atoms with Gasteiger partial charge in [0.15, 0.2) is 0 Å². The van der Waals surface area contributed by atoms with Crippen LogP contribution in [-0.2, 0) is 16.0 Å². The quantitative estimate of drug-likeness (QED) is 0.206. The van der Waals surface area contributed by atoms with Gasteiger partial charge in [-0.3, -0.25) is 9.69 Å². The molecule has 0 saturated heterocycles. The van der Waals surface area contributed by atoms with Crippen LogP contribution >= 0.6 is 0 Å². The van der Waals surface area contributed by atoms with Crippen LogP contribution in [0.5, 0.6) is 5.75 Å². The van der Waals surface area contributed by atoms with Crippen LogP contribution in [0.15, 0.2) is 55.1 Å². The maximum absolute atomic E-state index is 12.6. The third-order valence-corrected chi connectivity index (χ3v) is 5.65. The first-order valence-corrected chi connectivity index (χ1v) is 12.1. The maximum atomic E-state index is 12.6. The standard InChI is InChI=1S/C28H38N2O4/c1-5-7-8-9-10-18-29-28(32)30(3)24-13-11-12-23(21-24)25-16-14-22(15-17-27(31)33-4)20-26(25)34-19-6-2/h6,11-14,16,20-21H,2,5,7-10,15,17-19H2,1,3-4H3,(H,29,32). The summed E-state index contributed by atoms with van der Waals surface area (Å²) in [5.74, 6) is 0.464. The molecule has 0 unspecified atom stereocenters. The summed E-state index contributed by atoms with van der Waals surface area (Å²) in [6.45, 7) is 6.98. The summed E-state index contributed by atoms with van der Waals surface area (Å²) in [5, 5.41) is 3.01. The van der Waals surface area contributed by atoms with Crippen molar-refractivity contribution in [1.82, 2.24) is 5.32 Å². The zero-order valence-corrected chi connectivity index (χ0v) is 20.8. The van der Waals surface area contributed by atoms with Crippen LogP contribution in [0.2, 0.25) is 0 Å². The van der Waals surface area contributed by atoms with Crippen molar-refractivity contribution in [3.05, 3.63) is 60.7 Å². The van der Waals surface area contributed by atoms with Gasteiger partial charge in [-0.05, 0) is 42.2 Å². The number of carbonyl (C=O) groups is 2. The summed E-state index contributed by atoms with van der Waals surface area (Å²) in [4.78, 5) is 25.8. The first-order valence-electron chi connectivity index (χ1n) is 12.1. The molecule has 2 aromatic carbocycles. The number of unbranched alkanes of at least 4 members (excludes halogenated alkanes) is 4. The largest absolute Gasteiger partial charge is 0.489 e. The van der Waals surface area contributed by atoms with E-state index in [2.05, 4.69) is 18.8 Å². The van der Waals surface area contributed by atoms with Crippen LogP contribution in [0.25, 0.3) is 11.1 Å². The van der Waals surface area contributed by atoms with Gasteiger partial charge < -0.3 is 14.8 Å². The highest BCUT2D eigenvalue weighted by atomic mass is 16.5. The Morgan fingerprint density at radius 1 is 1.09 bits per heavy atom. The second-order valence-electron chi connectivity index (χ2n) is 8.26. The molecule has 2 rings (SSSR count). The van der Waals surface area contributed by atoms with Crippen molar-refractivity contribution in [2.45, 2.75) is 51.9 Å². The number of anilines is 1. The van der Waals surface area contributed by atoms with Crippen LogP contribution in [0.4, 0.5) is 10.5 Å². The number of esters is 1. The smallest absolute Gasteiger partial charge is 0.321 e. The highest BCUT2D eigenvalue weighted by Crippen LogP contribution is 2.33. The van der Waals surface area contributed by atoms with Gasteiger partial charge in [-0.25, -0.2) is 4.79 Å². The van der Waals surface area contributed by atoms with E-state index in [0.29, 0.717) is 31.7 Å². The van der Waals surface area contributed by atoms with Crippen LogP contribution in [0, 0.1) is 0 Å². The Kier molecular flexibility index (Phi) is 11.7. The summed E-state index contributed by atoms with van der Waals surface area (Å²) in [6.07, 6.45) is 8.36.